The maximum absolute atomic E-state index is 11.4. The second-order valence-electron chi connectivity index (χ2n) is 5.54. The van der Waals surface area contributed by atoms with Crippen molar-refractivity contribution < 1.29 is 14.4 Å². The van der Waals surface area contributed by atoms with E-state index in [9.17, 15) is 9.90 Å². The van der Waals surface area contributed by atoms with E-state index in [1.165, 1.54) is 0 Å². The maximum atomic E-state index is 11.4. The van der Waals surface area contributed by atoms with E-state index in [0.717, 1.165) is 19.3 Å². The summed E-state index contributed by atoms with van der Waals surface area (Å²) in [5.74, 6) is 0. The molecule has 0 aromatic rings. The fraction of sp³-hybridized carbons (Fsp3) is 0.909. The van der Waals surface area contributed by atoms with E-state index >= 15 is 0 Å². The van der Waals surface area contributed by atoms with Gasteiger partial charge in [-0.3, -0.25) is 4.48 Å². The number of nitrogens with zero attached hydrogens (tertiary/aromatic N) is 1. The predicted octanol–water partition coefficient (Wildman–Crippen LogP) is 0.456. The van der Waals surface area contributed by atoms with Gasteiger partial charge in [-0.25, -0.2) is 0 Å². The van der Waals surface area contributed by atoms with Crippen molar-refractivity contribution in [2.75, 3.05) is 13.1 Å². The van der Waals surface area contributed by atoms with Crippen LogP contribution in [-0.2, 0) is 0 Å². The molecule has 0 bridgehead atoms. The molecular formula is C11H22N2O2. The number of carbonyl (C=O) groups excluding carboxylic acids is 1. The van der Waals surface area contributed by atoms with E-state index in [1.807, 2.05) is 20.8 Å². The molecular weight excluding hydrogens is 192 g/mol. The number of carbonyl (C=O) groups is 1. The van der Waals surface area contributed by atoms with Crippen LogP contribution in [0.2, 0.25) is 0 Å². The molecule has 1 heterocycles. The van der Waals surface area contributed by atoms with Crippen LogP contribution in [0.25, 0.3) is 0 Å². The van der Waals surface area contributed by atoms with E-state index < -0.39 is 6.09 Å². The summed E-state index contributed by atoms with van der Waals surface area (Å²) in [4.78, 5) is 11.4. The summed E-state index contributed by atoms with van der Waals surface area (Å²) in [6.07, 6.45) is 1.60. The van der Waals surface area contributed by atoms with Crippen molar-refractivity contribution in [2.24, 2.45) is 5.73 Å². The van der Waals surface area contributed by atoms with Crippen molar-refractivity contribution in [3.63, 3.8) is 0 Å². The van der Waals surface area contributed by atoms with Crippen molar-refractivity contribution in [1.29, 1.82) is 0 Å². The summed E-state index contributed by atoms with van der Waals surface area (Å²) in [5.41, 5.74) is 5.56. The van der Waals surface area contributed by atoms with Crippen LogP contribution in [0.3, 0.4) is 0 Å². The van der Waals surface area contributed by atoms with Crippen LogP contribution >= 0.6 is 0 Å². The van der Waals surface area contributed by atoms with Gasteiger partial charge in [0.1, 0.15) is 0 Å². The lowest BCUT2D eigenvalue weighted by Gasteiger charge is -2.47. The van der Waals surface area contributed by atoms with Crippen LogP contribution in [0.5, 0.6) is 0 Å². The monoisotopic (exact) mass is 214 g/mol. The topological polar surface area (TPSA) is 66.1 Å². The summed E-state index contributed by atoms with van der Waals surface area (Å²) in [5, 5.41) is 11.4. The van der Waals surface area contributed by atoms with Gasteiger partial charge in [0.25, 0.3) is 6.09 Å². The van der Waals surface area contributed by atoms with Gasteiger partial charge in [0.2, 0.25) is 0 Å². The molecule has 1 saturated heterocycles. The fourth-order valence-corrected chi connectivity index (χ4v) is 2.39. The number of likely N-dealkylation sites (tertiary alicyclic amines) is 1. The zero-order chi connectivity index (χ0) is 11.7. The number of amides is 1. The minimum Gasteiger partial charge on any atom is -0.498 e. The van der Waals surface area contributed by atoms with Gasteiger partial charge in [0.05, 0.1) is 18.6 Å². The highest BCUT2D eigenvalue weighted by Crippen LogP contribution is 2.28. The zero-order valence-electron chi connectivity index (χ0n) is 9.95. The molecule has 2 unspecified atom stereocenters. The maximum Gasteiger partial charge on any atom is 0.257 e. The second kappa shape index (κ2) is 4.10. The van der Waals surface area contributed by atoms with Crippen molar-refractivity contribution >= 4 is 6.09 Å². The third-order valence-corrected chi connectivity index (χ3v) is 3.63. The normalized spacial score (nSPS) is 33.5. The molecule has 0 aromatic heterocycles. The Morgan fingerprint density at radius 2 is 1.93 bits per heavy atom. The molecule has 0 radical (unpaired) electrons. The van der Waals surface area contributed by atoms with Gasteiger partial charge in [-0.05, 0) is 33.6 Å². The number of quaternary nitrogens is 1. The van der Waals surface area contributed by atoms with Crippen LogP contribution in [-0.4, -0.2) is 35.2 Å². The Kier molecular flexibility index (Phi) is 3.41. The number of rotatable bonds is 0. The average molecular weight is 214 g/mol. The Balaban J connectivity index is 2.96. The van der Waals surface area contributed by atoms with Crippen molar-refractivity contribution in [3.05, 3.63) is 0 Å². The molecule has 0 saturated carbocycles. The first-order valence-corrected chi connectivity index (χ1v) is 5.64. The Morgan fingerprint density at radius 1 is 1.33 bits per heavy atom. The molecule has 88 valence electrons. The molecule has 1 aliphatic heterocycles. The molecule has 4 heteroatoms. The predicted molar refractivity (Wildman–Crippen MR) is 57.0 cm³/mol. The highest BCUT2D eigenvalue weighted by Gasteiger charge is 2.43. The van der Waals surface area contributed by atoms with Gasteiger partial charge < -0.3 is 15.6 Å². The summed E-state index contributed by atoms with van der Waals surface area (Å²) in [6.45, 7) is 7.10. The van der Waals surface area contributed by atoms with E-state index in [2.05, 4.69) is 0 Å². The molecule has 1 fully saturated rings. The lowest BCUT2D eigenvalue weighted by Crippen LogP contribution is -2.68. The first-order chi connectivity index (χ1) is 6.79. The van der Waals surface area contributed by atoms with Gasteiger partial charge in [-0.2, -0.15) is 0 Å². The third-order valence-electron chi connectivity index (χ3n) is 3.63. The molecule has 1 aliphatic rings. The van der Waals surface area contributed by atoms with Crippen molar-refractivity contribution in [3.8, 4) is 0 Å². The molecule has 0 spiro atoms. The fourth-order valence-electron chi connectivity index (χ4n) is 2.39. The first kappa shape index (κ1) is 12.5. The number of nitrogens with two attached hydrogens (primary N) is 1. The Labute approximate surface area is 91.6 Å². The van der Waals surface area contributed by atoms with Crippen LogP contribution in [0.15, 0.2) is 0 Å². The van der Waals surface area contributed by atoms with E-state index in [4.69, 9.17) is 5.73 Å². The van der Waals surface area contributed by atoms with Crippen molar-refractivity contribution in [2.45, 2.75) is 51.6 Å². The molecule has 0 aromatic carbocycles. The first-order valence-electron chi connectivity index (χ1n) is 5.64. The smallest absolute Gasteiger partial charge is 0.257 e. The lowest BCUT2D eigenvalue weighted by molar-refractivity contribution is -0.918. The highest BCUT2D eigenvalue weighted by molar-refractivity contribution is 5.54. The summed E-state index contributed by atoms with van der Waals surface area (Å²) >= 11 is 0. The Bertz CT molecular complexity index is 247. The van der Waals surface area contributed by atoms with Crippen LogP contribution in [0.4, 0.5) is 4.79 Å². The van der Waals surface area contributed by atoms with Crippen LogP contribution < -0.4 is 10.8 Å². The van der Waals surface area contributed by atoms with Gasteiger partial charge in [-0.1, -0.05) is 0 Å². The van der Waals surface area contributed by atoms with E-state index in [0.29, 0.717) is 13.1 Å². The number of hydrogen-bond acceptors (Lipinski definition) is 3. The number of carboxylic acid groups (broad SMARTS) is 1. The lowest BCUT2D eigenvalue weighted by atomic mass is 10.0. The Morgan fingerprint density at radius 3 is 2.40 bits per heavy atom. The van der Waals surface area contributed by atoms with Crippen LogP contribution in [0.1, 0.15) is 40.0 Å². The summed E-state index contributed by atoms with van der Waals surface area (Å²) in [6, 6.07) is 0.145. The quantitative estimate of drug-likeness (QED) is 0.596. The van der Waals surface area contributed by atoms with Crippen molar-refractivity contribution in [1.82, 2.24) is 0 Å². The van der Waals surface area contributed by atoms with E-state index in [-0.39, 0.29) is 16.1 Å². The highest BCUT2D eigenvalue weighted by atomic mass is 16.4. The van der Waals surface area contributed by atoms with Crippen LogP contribution in [0, 0.1) is 0 Å². The molecule has 2 N–H and O–H groups in total. The molecule has 2 atom stereocenters. The van der Waals surface area contributed by atoms with Gasteiger partial charge >= 0.3 is 0 Å². The largest absolute Gasteiger partial charge is 0.498 e. The molecule has 1 amide bonds. The summed E-state index contributed by atoms with van der Waals surface area (Å²) < 4.78 is 0.0424. The minimum atomic E-state index is -0.961. The zero-order valence-corrected chi connectivity index (χ0v) is 9.95. The number of hydrogen-bond donors (Lipinski definition) is 1. The Hall–Kier alpha value is -0.610. The van der Waals surface area contributed by atoms with Gasteiger partial charge in [0.15, 0.2) is 0 Å². The minimum absolute atomic E-state index is 0.0424. The third kappa shape index (κ3) is 2.32. The average Bonchev–Trinajstić information content (AvgIpc) is 2.26. The summed E-state index contributed by atoms with van der Waals surface area (Å²) in [7, 11) is 0. The SMILES string of the molecule is CC(C)(C)[N+]1(C(=O)[O-])CCCC(N)CC1. The molecule has 4 nitrogen and oxygen atoms in total. The molecule has 15 heavy (non-hydrogen) atoms. The van der Waals surface area contributed by atoms with Gasteiger partial charge in [0, 0.05) is 12.5 Å². The second-order valence-corrected chi connectivity index (χ2v) is 5.54. The molecule has 1 rings (SSSR count). The van der Waals surface area contributed by atoms with E-state index in [1.54, 1.807) is 0 Å². The molecule has 0 aliphatic carbocycles. The standard InChI is InChI=1S/C11H22N2O2/c1-11(2,3)13(10(14)15)7-4-5-9(12)6-8-13/h9H,4-8,12H2,1-3H3. The van der Waals surface area contributed by atoms with Gasteiger partial charge in [-0.15, -0.1) is 0 Å².